The van der Waals surface area contributed by atoms with Gasteiger partial charge in [-0.2, -0.15) is 13.2 Å². The van der Waals surface area contributed by atoms with Crippen LogP contribution in [0.2, 0.25) is 0 Å². The Kier molecular flexibility index (Phi) is 7.94. The zero-order valence-corrected chi connectivity index (χ0v) is 17.2. The van der Waals surface area contributed by atoms with Crippen molar-refractivity contribution in [2.24, 2.45) is 5.11 Å². The summed E-state index contributed by atoms with van der Waals surface area (Å²) in [5.41, 5.74) is 11.1. The standard InChI is InChI=1S/C23H22F3N5O/c24-23(25,26)19-9-4-18(5-10-19)8-13-22-30-21(16-32-22)15-28-20-11-6-17(7-12-20)3-1-2-14-29-31-27/h4-13,16,28H,1-3,14-15H2. The third-order valence-corrected chi connectivity index (χ3v) is 4.69. The van der Waals surface area contributed by atoms with E-state index in [1.165, 1.54) is 24.0 Å². The first-order valence-electron chi connectivity index (χ1n) is 10.1. The molecule has 0 atom stereocenters. The van der Waals surface area contributed by atoms with Crippen LogP contribution >= 0.6 is 0 Å². The van der Waals surface area contributed by atoms with Gasteiger partial charge in [-0.25, -0.2) is 4.98 Å². The minimum atomic E-state index is -4.35. The molecule has 0 saturated carbocycles. The molecule has 2 aromatic carbocycles. The summed E-state index contributed by atoms with van der Waals surface area (Å²) in [5, 5.41) is 6.80. The Labute approximate surface area is 183 Å². The Hall–Kier alpha value is -3.71. The fourth-order valence-electron chi connectivity index (χ4n) is 2.97. The maximum Gasteiger partial charge on any atom is 0.416 e. The average Bonchev–Trinajstić information content (AvgIpc) is 3.24. The van der Waals surface area contributed by atoms with Gasteiger partial charge in [-0.1, -0.05) is 29.4 Å². The van der Waals surface area contributed by atoms with Crippen molar-refractivity contribution in [2.45, 2.75) is 32.0 Å². The lowest BCUT2D eigenvalue weighted by molar-refractivity contribution is -0.137. The second-order valence-corrected chi connectivity index (χ2v) is 7.09. The van der Waals surface area contributed by atoms with Crippen LogP contribution in [0.3, 0.4) is 0 Å². The van der Waals surface area contributed by atoms with E-state index >= 15 is 0 Å². The summed E-state index contributed by atoms with van der Waals surface area (Å²) in [6.07, 6.45) is 3.22. The van der Waals surface area contributed by atoms with E-state index in [0.717, 1.165) is 37.1 Å². The smallest absolute Gasteiger partial charge is 0.416 e. The van der Waals surface area contributed by atoms with Gasteiger partial charge in [-0.05, 0) is 66.3 Å². The largest absolute Gasteiger partial charge is 0.445 e. The molecule has 0 bridgehead atoms. The van der Waals surface area contributed by atoms with Crippen molar-refractivity contribution in [2.75, 3.05) is 11.9 Å². The molecule has 0 spiro atoms. The summed E-state index contributed by atoms with van der Waals surface area (Å²) in [7, 11) is 0. The minimum absolute atomic E-state index is 0.373. The van der Waals surface area contributed by atoms with Gasteiger partial charge in [0, 0.05) is 23.2 Å². The molecule has 0 radical (unpaired) electrons. The lowest BCUT2D eigenvalue weighted by atomic mass is 10.1. The van der Waals surface area contributed by atoms with Crippen molar-refractivity contribution < 1.29 is 17.6 Å². The molecule has 3 rings (SSSR count). The molecule has 1 N–H and O–H groups in total. The normalized spacial score (nSPS) is 11.5. The van der Waals surface area contributed by atoms with Gasteiger partial charge >= 0.3 is 6.18 Å². The number of aromatic nitrogens is 1. The summed E-state index contributed by atoms with van der Waals surface area (Å²) < 4.78 is 43.2. The van der Waals surface area contributed by atoms with Crippen LogP contribution in [-0.4, -0.2) is 11.5 Å². The zero-order valence-electron chi connectivity index (χ0n) is 17.2. The first-order valence-corrected chi connectivity index (χ1v) is 10.1. The molecule has 0 aliphatic carbocycles. The summed E-state index contributed by atoms with van der Waals surface area (Å²) in [6, 6.07) is 13.0. The predicted molar refractivity (Wildman–Crippen MR) is 118 cm³/mol. The van der Waals surface area contributed by atoms with Gasteiger partial charge in [0.05, 0.1) is 17.8 Å². The monoisotopic (exact) mass is 441 g/mol. The molecule has 0 saturated heterocycles. The van der Waals surface area contributed by atoms with Crippen LogP contribution in [0.15, 0.2) is 64.3 Å². The quantitative estimate of drug-likeness (QED) is 0.157. The van der Waals surface area contributed by atoms with E-state index in [1.807, 2.05) is 12.1 Å². The minimum Gasteiger partial charge on any atom is -0.445 e. The average molecular weight is 441 g/mol. The fourth-order valence-corrected chi connectivity index (χ4v) is 2.97. The number of anilines is 1. The lowest BCUT2D eigenvalue weighted by Crippen LogP contribution is -2.03. The molecule has 1 heterocycles. The van der Waals surface area contributed by atoms with Gasteiger partial charge in [0.25, 0.3) is 0 Å². The Morgan fingerprint density at radius 2 is 1.78 bits per heavy atom. The highest BCUT2D eigenvalue weighted by atomic mass is 19.4. The van der Waals surface area contributed by atoms with Crippen molar-refractivity contribution in [3.63, 3.8) is 0 Å². The maximum atomic E-state index is 12.6. The van der Waals surface area contributed by atoms with Crippen LogP contribution < -0.4 is 5.32 Å². The van der Waals surface area contributed by atoms with E-state index in [2.05, 4.69) is 32.5 Å². The van der Waals surface area contributed by atoms with Crippen LogP contribution in [-0.2, 0) is 19.1 Å². The summed E-state index contributed by atoms with van der Waals surface area (Å²) in [6.45, 7) is 0.998. The number of aryl methyl sites for hydroxylation is 1. The van der Waals surface area contributed by atoms with Gasteiger partial charge in [-0.3, -0.25) is 0 Å². The molecule has 3 aromatic rings. The molecule has 0 aliphatic heterocycles. The molecule has 1 aromatic heterocycles. The lowest BCUT2D eigenvalue weighted by Gasteiger charge is -2.06. The Balaban J connectivity index is 1.47. The van der Waals surface area contributed by atoms with E-state index in [-0.39, 0.29) is 0 Å². The van der Waals surface area contributed by atoms with Crippen molar-refractivity contribution in [3.8, 4) is 0 Å². The second-order valence-electron chi connectivity index (χ2n) is 7.09. The molecule has 0 amide bonds. The first kappa shape index (κ1) is 23.0. The highest BCUT2D eigenvalue weighted by Crippen LogP contribution is 2.29. The van der Waals surface area contributed by atoms with Crippen LogP contribution in [0, 0.1) is 0 Å². The predicted octanol–water partition coefficient (Wildman–Crippen LogP) is 7.11. The topological polar surface area (TPSA) is 86.8 Å². The van der Waals surface area contributed by atoms with Crippen LogP contribution in [0.4, 0.5) is 18.9 Å². The van der Waals surface area contributed by atoms with Gasteiger partial charge in [0.15, 0.2) is 0 Å². The number of unbranched alkanes of at least 4 members (excludes halogenated alkanes) is 1. The molecule has 0 unspecified atom stereocenters. The Morgan fingerprint density at radius 1 is 1.03 bits per heavy atom. The summed E-state index contributed by atoms with van der Waals surface area (Å²) in [5.74, 6) is 0.373. The van der Waals surface area contributed by atoms with E-state index in [4.69, 9.17) is 9.95 Å². The van der Waals surface area contributed by atoms with Gasteiger partial charge in [0.1, 0.15) is 6.26 Å². The number of alkyl halides is 3. The third-order valence-electron chi connectivity index (χ3n) is 4.69. The Bertz CT molecular complexity index is 1070. The number of rotatable bonds is 10. The first-order chi connectivity index (χ1) is 15.4. The SMILES string of the molecule is [N-]=[N+]=NCCCCc1ccc(NCc2coc(C=Cc3ccc(C(F)(F)F)cc3)n2)cc1. The number of oxazole rings is 1. The Morgan fingerprint density at radius 3 is 2.47 bits per heavy atom. The number of halogens is 3. The number of benzene rings is 2. The molecule has 166 valence electrons. The molecule has 9 heteroatoms. The van der Waals surface area contributed by atoms with Gasteiger partial charge < -0.3 is 9.73 Å². The van der Waals surface area contributed by atoms with Gasteiger partial charge in [0.2, 0.25) is 5.89 Å². The van der Waals surface area contributed by atoms with E-state index in [0.29, 0.717) is 30.2 Å². The molecule has 0 fully saturated rings. The van der Waals surface area contributed by atoms with Crippen molar-refractivity contribution in [3.05, 3.63) is 93.5 Å². The fraction of sp³-hybridized carbons (Fsp3) is 0.261. The van der Waals surface area contributed by atoms with E-state index in [9.17, 15) is 13.2 Å². The molecule has 6 nitrogen and oxygen atoms in total. The molecular weight excluding hydrogens is 419 g/mol. The van der Waals surface area contributed by atoms with Crippen molar-refractivity contribution in [1.29, 1.82) is 0 Å². The number of hydrogen-bond acceptors (Lipinski definition) is 4. The van der Waals surface area contributed by atoms with Crippen molar-refractivity contribution in [1.82, 2.24) is 4.98 Å². The molecule has 0 aliphatic rings. The van der Waals surface area contributed by atoms with Gasteiger partial charge in [-0.15, -0.1) is 0 Å². The van der Waals surface area contributed by atoms with E-state index in [1.54, 1.807) is 12.2 Å². The summed E-state index contributed by atoms with van der Waals surface area (Å²) >= 11 is 0. The highest BCUT2D eigenvalue weighted by molar-refractivity contribution is 5.66. The highest BCUT2D eigenvalue weighted by Gasteiger charge is 2.29. The number of hydrogen-bond donors (Lipinski definition) is 1. The van der Waals surface area contributed by atoms with Crippen LogP contribution in [0.1, 0.15) is 41.1 Å². The number of nitrogens with one attached hydrogen (secondary N) is 1. The van der Waals surface area contributed by atoms with E-state index < -0.39 is 11.7 Å². The van der Waals surface area contributed by atoms with Crippen LogP contribution in [0.25, 0.3) is 22.6 Å². The number of azide groups is 1. The third kappa shape index (κ3) is 7.21. The van der Waals surface area contributed by atoms with Crippen LogP contribution in [0.5, 0.6) is 0 Å². The van der Waals surface area contributed by atoms with Crippen molar-refractivity contribution >= 4 is 17.8 Å². The molecular formula is C23H22F3N5O. The maximum absolute atomic E-state index is 12.6. The molecule has 32 heavy (non-hydrogen) atoms. The zero-order chi connectivity index (χ0) is 22.8. The second kappa shape index (κ2) is 11.1. The number of nitrogens with zero attached hydrogens (tertiary/aromatic N) is 4. The summed E-state index contributed by atoms with van der Waals surface area (Å²) in [4.78, 5) is 7.09.